The fourth-order valence-corrected chi connectivity index (χ4v) is 1.78. The minimum atomic E-state index is -0.237. The van der Waals surface area contributed by atoms with Crippen LogP contribution in [0.15, 0.2) is 0 Å². The van der Waals surface area contributed by atoms with Crippen molar-refractivity contribution in [1.29, 1.82) is 0 Å². The van der Waals surface area contributed by atoms with Gasteiger partial charge in [0, 0.05) is 0 Å². The summed E-state index contributed by atoms with van der Waals surface area (Å²) < 4.78 is 10.7. The Kier molecular flexibility index (Phi) is 2.63. The summed E-state index contributed by atoms with van der Waals surface area (Å²) >= 11 is 0. The molecule has 0 amide bonds. The van der Waals surface area contributed by atoms with Gasteiger partial charge < -0.3 is 14.6 Å². The molecule has 2 fully saturated rings. The van der Waals surface area contributed by atoms with Gasteiger partial charge in [-0.25, -0.2) is 0 Å². The molecule has 1 heterocycles. The monoisotopic (exact) mass is 172 g/mol. The van der Waals surface area contributed by atoms with E-state index >= 15 is 0 Å². The second-order valence-corrected chi connectivity index (χ2v) is 3.69. The topological polar surface area (TPSA) is 38.7 Å². The lowest BCUT2D eigenvalue weighted by Crippen LogP contribution is -2.43. The highest BCUT2D eigenvalue weighted by Crippen LogP contribution is 2.23. The lowest BCUT2D eigenvalue weighted by molar-refractivity contribution is -0.181. The van der Waals surface area contributed by atoms with Gasteiger partial charge in [0.1, 0.15) is 6.10 Å². The summed E-state index contributed by atoms with van der Waals surface area (Å²) in [5.41, 5.74) is 0. The quantitative estimate of drug-likeness (QED) is 0.666. The van der Waals surface area contributed by atoms with E-state index in [1.54, 1.807) is 0 Å². The summed E-state index contributed by atoms with van der Waals surface area (Å²) in [6.07, 6.45) is 4.34. The highest BCUT2D eigenvalue weighted by molar-refractivity contribution is 4.77. The van der Waals surface area contributed by atoms with Crippen molar-refractivity contribution in [2.45, 2.75) is 44.0 Å². The van der Waals surface area contributed by atoms with Gasteiger partial charge in [-0.05, 0) is 12.8 Å². The predicted molar refractivity (Wildman–Crippen MR) is 44.0 cm³/mol. The van der Waals surface area contributed by atoms with Crippen molar-refractivity contribution in [3.05, 3.63) is 0 Å². The first-order valence-electron chi connectivity index (χ1n) is 4.77. The van der Waals surface area contributed by atoms with Crippen molar-refractivity contribution in [3.8, 4) is 0 Å². The second kappa shape index (κ2) is 3.73. The Morgan fingerprint density at radius 3 is 2.50 bits per heavy atom. The van der Waals surface area contributed by atoms with Gasteiger partial charge in [0.2, 0.25) is 0 Å². The lowest BCUT2D eigenvalue weighted by Gasteiger charge is -2.34. The Balaban J connectivity index is 1.76. The van der Waals surface area contributed by atoms with Crippen LogP contribution in [0, 0.1) is 0 Å². The van der Waals surface area contributed by atoms with E-state index in [2.05, 4.69) is 0 Å². The number of ether oxygens (including phenoxy) is 2. The highest BCUT2D eigenvalue weighted by Gasteiger charge is 2.29. The van der Waals surface area contributed by atoms with E-state index in [1.165, 1.54) is 6.42 Å². The van der Waals surface area contributed by atoms with E-state index in [4.69, 9.17) is 9.47 Å². The van der Waals surface area contributed by atoms with E-state index in [1.807, 2.05) is 0 Å². The van der Waals surface area contributed by atoms with E-state index in [0.717, 1.165) is 19.3 Å². The maximum atomic E-state index is 9.57. The zero-order valence-corrected chi connectivity index (χ0v) is 7.24. The van der Waals surface area contributed by atoms with Crippen molar-refractivity contribution in [2.24, 2.45) is 0 Å². The van der Waals surface area contributed by atoms with Crippen molar-refractivity contribution < 1.29 is 14.6 Å². The smallest absolute Gasteiger partial charge is 0.105 e. The van der Waals surface area contributed by atoms with Crippen LogP contribution in [0.5, 0.6) is 0 Å². The van der Waals surface area contributed by atoms with Crippen LogP contribution in [0.2, 0.25) is 0 Å². The maximum absolute atomic E-state index is 9.57. The normalized spacial score (nSPS) is 37.8. The molecule has 2 rings (SSSR count). The Hall–Kier alpha value is -0.120. The number of aliphatic hydroxyl groups excluding tert-OH is 1. The fraction of sp³-hybridized carbons (Fsp3) is 1.00. The van der Waals surface area contributed by atoms with Gasteiger partial charge in [-0.2, -0.15) is 0 Å². The molecule has 0 aromatic carbocycles. The number of hydrogen-bond donors (Lipinski definition) is 1. The molecule has 1 N–H and O–H groups in total. The minimum Gasteiger partial charge on any atom is -0.390 e. The molecule has 1 saturated carbocycles. The molecule has 0 aromatic heterocycles. The van der Waals surface area contributed by atoms with Gasteiger partial charge in [-0.3, -0.25) is 0 Å². The third-order valence-electron chi connectivity index (χ3n) is 2.64. The SMILES string of the molecule is OC1CCCCC1OC1COC1. The summed E-state index contributed by atoms with van der Waals surface area (Å²) in [4.78, 5) is 0. The van der Waals surface area contributed by atoms with Gasteiger partial charge >= 0.3 is 0 Å². The molecule has 1 aliphatic carbocycles. The molecule has 0 spiro atoms. The van der Waals surface area contributed by atoms with Crippen LogP contribution in [0.3, 0.4) is 0 Å². The standard InChI is InChI=1S/C9H16O3/c10-8-3-1-2-4-9(8)12-7-5-11-6-7/h7-10H,1-6H2. The molecule has 1 aliphatic heterocycles. The summed E-state index contributed by atoms with van der Waals surface area (Å²) in [7, 11) is 0. The molecule has 0 bridgehead atoms. The first kappa shape index (κ1) is 8.48. The lowest BCUT2D eigenvalue weighted by atomic mass is 9.94. The number of rotatable bonds is 2. The second-order valence-electron chi connectivity index (χ2n) is 3.69. The van der Waals surface area contributed by atoms with E-state index in [-0.39, 0.29) is 18.3 Å². The van der Waals surface area contributed by atoms with E-state index < -0.39 is 0 Å². The molecule has 2 unspecified atom stereocenters. The van der Waals surface area contributed by atoms with Crippen LogP contribution >= 0.6 is 0 Å². The maximum Gasteiger partial charge on any atom is 0.105 e. The first-order valence-corrected chi connectivity index (χ1v) is 4.77. The van der Waals surface area contributed by atoms with Crippen molar-refractivity contribution in [2.75, 3.05) is 13.2 Å². The average Bonchev–Trinajstić information content (AvgIpc) is 2.00. The van der Waals surface area contributed by atoms with Gasteiger partial charge in [-0.1, -0.05) is 12.8 Å². The molecule has 0 aromatic rings. The van der Waals surface area contributed by atoms with Crippen molar-refractivity contribution in [1.82, 2.24) is 0 Å². The minimum absolute atomic E-state index is 0.0765. The van der Waals surface area contributed by atoms with E-state index in [9.17, 15) is 5.11 Å². The highest BCUT2D eigenvalue weighted by atomic mass is 16.6. The molecule has 3 heteroatoms. The van der Waals surface area contributed by atoms with Crippen LogP contribution in [0.4, 0.5) is 0 Å². The van der Waals surface area contributed by atoms with Crippen molar-refractivity contribution >= 4 is 0 Å². The Bertz CT molecular complexity index is 145. The third kappa shape index (κ3) is 1.79. The molecule has 2 atom stereocenters. The van der Waals surface area contributed by atoms with Gasteiger partial charge in [0.05, 0.1) is 25.4 Å². The van der Waals surface area contributed by atoms with Gasteiger partial charge in [0.15, 0.2) is 0 Å². The van der Waals surface area contributed by atoms with Crippen LogP contribution in [0.25, 0.3) is 0 Å². The Morgan fingerprint density at radius 1 is 1.17 bits per heavy atom. The Morgan fingerprint density at radius 2 is 1.92 bits per heavy atom. The first-order chi connectivity index (χ1) is 5.86. The molecule has 1 saturated heterocycles. The predicted octanol–water partition coefficient (Wildman–Crippen LogP) is 0.705. The molecule has 0 radical (unpaired) electrons. The van der Waals surface area contributed by atoms with Crippen LogP contribution in [-0.2, 0) is 9.47 Å². The van der Waals surface area contributed by atoms with Crippen molar-refractivity contribution in [3.63, 3.8) is 0 Å². The Labute approximate surface area is 72.7 Å². The molecule has 12 heavy (non-hydrogen) atoms. The van der Waals surface area contributed by atoms with Crippen LogP contribution in [0.1, 0.15) is 25.7 Å². The van der Waals surface area contributed by atoms with E-state index in [0.29, 0.717) is 13.2 Å². The fourth-order valence-electron chi connectivity index (χ4n) is 1.78. The summed E-state index contributed by atoms with van der Waals surface area (Å²) in [6.45, 7) is 1.42. The third-order valence-corrected chi connectivity index (χ3v) is 2.64. The molecular formula is C9H16O3. The van der Waals surface area contributed by atoms with Gasteiger partial charge in [-0.15, -0.1) is 0 Å². The summed E-state index contributed by atoms with van der Waals surface area (Å²) in [5.74, 6) is 0. The molecule has 2 aliphatic rings. The zero-order chi connectivity index (χ0) is 8.39. The number of aliphatic hydroxyl groups is 1. The molecule has 70 valence electrons. The largest absolute Gasteiger partial charge is 0.390 e. The number of hydrogen-bond acceptors (Lipinski definition) is 3. The van der Waals surface area contributed by atoms with Crippen LogP contribution < -0.4 is 0 Å². The average molecular weight is 172 g/mol. The zero-order valence-electron chi connectivity index (χ0n) is 7.24. The van der Waals surface area contributed by atoms with Gasteiger partial charge in [0.25, 0.3) is 0 Å². The van der Waals surface area contributed by atoms with Crippen LogP contribution in [-0.4, -0.2) is 36.6 Å². The molecule has 3 nitrogen and oxygen atoms in total. The summed E-state index contributed by atoms with van der Waals surface area (Å²) in [6, 6.07) is 0. The summed E-state index contributed by atoms with van der Waals surface area (Å²) in [5, 5.41) is 9.57. The molecular weight excluding hydrogens is 156 g/mol.